The lowest BCUT2D eigenvalue weighted by Crippen LogP contribution is -2.35. The second-order valence-corrected chi connectivity index (χ2v) is 6.79. The summed E-state index contributed by atoms with van der Waals surface area (Å²) in [7, 11) is 0. The van der Waals surface area contributed by atoms with Crippen molar-refractivity contribution in [3.8, 4) is 11.6 Å². The van der Waals surface area contributed by atoms with E-state index in [1.54, 1.807) is 39.0 Å². The number of halogens is 3. The largest absolute Gasteiger partial charge is 0.439 e. The van der Waals surface area contributed by atoms with Gasteiger partial charge in [-0.25, -0.2) is 9.78 Å². The van der Waals surface area contributed by atoms with E-state index in [2.05, 4.69) is 9.97 Å². The summed E-state index contributed by atoms with van der Waals surface area (Å²) in [4.78, 5) is 18.6. The molecule has 0 unspecified atom stereocenters. The number of nitrogens with zero attached hydrogens (tertiary/aromatic N) is 2. The topological polar surface area (TPSA) is 80.1 Å². The van der Waals surface area contributed by atoms with Crippen LogP contribution in [-0.4, -0.2) is 25.2 Å². The van der Waals surface area contributed by atoms with Crippen molar-refractivity contribution in [2.75, 3.05) is 0 Å². The number of pyridine rings is 1. The number of H-pyrrole nitrogens is 1. The molecule has 27 heavy (non-hydrogen) atoms. The summed E-state index contributed by atoms with van der Waals surface area (Å²) in [5.74, 6) is 0.285. The Bertz CT molecular complexity index is 1010. The van der Waals surface area contributed by atoms with Crippen molar-refractivity contribution in [2.45, 2.75) is 38.6 Å². The molecule has 2 aromatic heterocycles. The zero-order valence-electron chi connectivity index (χ0n) is 14.8. The summed E-state index contributed by atoms with van der Waals surface area (Å²) >= 11 is 0. The second kappa shape index (κ2) is 6.41. The van der Waals surface area contributed by atoms with E-state index < -0.39 is 23.4 Å². The Labute approximate surface area is 152 Å². The molecule has 0 aliphatic heterocycles. The van der Waals surface area contributed by atoms with Gasteiger partial charge in [-0.15, -0.1) is 0 Å². The fourth-order valence-corrected chi connectivity index (χ4v) is 2.59. The first-order valence-corrected chi connectivity index (χ1v) is 8.14. The third-order valence-corrected chi connectivity index (χ3v) is 4.38. The molecule has 0 saturated heterocycles. The van der Waals surface area contributed by atoms with Gasteiger partial charge >= 0.3 is 11.9 Å². The van der Waals surface area contributed by atoms with E-state index in [1.165, 1.54) is 4.57 Å². The maximum atomic E-state index is 12.6. The van der Waals surface area contributed by atoms with Gasteiger partial charge in [-0.1, -0.05) is 0 Å². The number of alkyl halides is 3. The smallest absolute Gasteiger partial charge is 0.417 e. The van der Waals surface area contributed by atoms with Gasteiger partial charge in [0.15, 0.2) is 0 Å². The van der Waals surface area contributed by atoms with Crippen LogP contribution in [0.2, 0.25) is 0 Å². The van der Waals surface area contributed by atoms with E-state index in [0.29, 0.717) is 23.0 Å². The average molecular weight is 381 g/mol. The number of fused-ring (bicyclic) bond motifs is 1. The number of imidazole rings is 1. The third kappa shape index (κ3) is 3.82. The van der Waals surface area contributed by atoms with Gasteiger partial charge in [0.05, 0.1) is 28.2 Å². The Morgan fingerprint density at radius 1 is 1.22 bits per heavy atom. The molecule has 0 fully saturated rings. The van der Waals surface area contributed by atoms with Gasteiger partial charge in [0.25, 0.3) is 0 Å². The minimum absolute atomic E-state index is 0.0117. The van der Waals surface area contributed by atoms with Crippen molar-refractivity contribution in [3.63, 3.8) is 0 Å². The lowest BCUT2D eigenvalue weighted by Gasteiger charge is -2.26. The first kappa shape index (κ1) is 19.0. The Balaban J connectivity index is 1.96. The van der Waals surface area contributed by atoms with Crippen LogP contribution in [0.4, 0.5) is 13.2 Å². The monoisotopic (exact) mass is 381 g/mol. The number of aromatic amines is 1. The number of hydrogen-bond donors (Lipinski definition) is 2. The van der Waals surface area contributed by atoms with Gasteiger partial charge in [-0.3, -0.25) is 4.57 Å². The van der Waals surface area contributed by atoms with Crippen LogP contribution in [0.3, 0.4) is 0 Å². The normalized spacial score (nSPS) is 13.7. The number of rotatable bonds is 4. The van der Waals surface area contributed by atoms with Crippen molar-refractivity contribution in [1.82, 2.24) is 14.5 Å². The number of nitrogens with one attached hydrogen (secondary N) is 1. The predicted octanol–water partition coefficient (Wildman–Crippen LogP) is 3.87. The van der Waals surface area contributed by atoms with Crippen LogP contribution in [0, 0.1) is 0 Å². The standard InChI is InChI=1S/C18H18F3N3O3/c1-10(17(2,3)26)24-14-8-12(5-6-13(14)23-16(24)25)27-15-7-4-11(9-22-15)18(19,20)21/h4-10,26H,1-3H3,(H,23,25)/t10-/m0/s1. The lowest BCUT2D eigenvalue weighted by atomic mass is 10.0. The Morgan fingerprint density at radius 2 is 1.93 bits per heavy atom. The van der Waals surface area contributed by atoms with Crippen LogP contribution in [0.5, 0.6) is 11.6 Å². The molecular formula is C18H18F3N3O3. The van der Waals surface area contributed by atoms with Gasteiger partial charge in [0, 0.05) is 18.3 Å². The van der Waals surface area contributed by atoms with E-state index in [-0.39, 0.29) is 11.6 Å². The summed E-state index contributed by atoms with van der Waals surface area (Å²) in [6, 6.07) is 6.22. The zero-order chi connectivity index (χ0) is 20.0. The fraction of sp³-hybridized carbons (Fsp3) is 0.333. The predicted molar refractivity (Wildman–Crippen MR) is 92.9 cm³/mol. The number of hydrogen-bond acceptors (Lipinski definition) is 4. The molecule has 0 radical (unpaired) electrons. The summed E-state index contributed by atoms with van der Waals surface area (Å²) in [5.41, 5.74) is -1.36. The van der Waals surface area contributed by atoms with Gasteiger partial charge in [0.1, 0.15) is 5.75 Å². The van der Waals surface area contributed by atoms with Crippen molar-refractivity contribution in [3.05, 3.63) is 52.6 Å². The third-order valence-electron chi connectivity index (χ3n) is 4.38. The maximum Gasteiger partial charge on any atom is 0.417 e. The molecule has 0 aliphatic rings. The Morgan fingerprint density at radius 3 is 2.48 bits per heavy atom. The Hall–Kier alpha value is -2.81. The SMILES string of the molecule is C[C@H](n1c(=O)[nH]c2ccc(Oc3ccc(C(F)(F)F)cn3)cc21)C(C)(C)O. The molecule has 9 heteroatoms. The van der Waals surface area contributed by atoms with E-state index in [9.17, 15) is 23.1 Å². The zero-order valence-corrected chi connectivity index (χ0v) is 14.8. The number of aromatic nitrogens is 3. The molecule has 1 atom stereocenters. The second-order valence-electron chi connectivity index (χ2n) is 6.79. The molecule has 6 nitrogen and oxygen atoms in total. The molecule has 1 aromatic carbocycles. The van der Waals surface area contributed by atoms with Crippen LogP contribution in [0.15, 0.2) is 41.3 Å². The maximum absolute atomic E-state index is 12.6. The van der Waals surface area contributed by atoms with E-state index in [4.69, 9.17) is 4.74 Å². The quantitative estimate of drug-likeness (QED) is 0.719. The number of aliphatic hydroxyl groups is 1. The van der Waals surface area contributed by atoms with Gasteiger partial charge in [-0.2, -0.15) is 13.2 Å². The minimum Gasteiger partial charge on any atom is -0.439 e. The molecule has 0 aliphatic carbocycles. The molecule has 0 spiro atoms. The molecule has 144 valence electrons. The highest BCUT2D eigenvalue weighted by Crippen LogP contribution is 2.31. The summed E-state index contributed by atoms with van der Waals surface area (Å²) < 4.78 is 44.7. The minimum atomic E-state index is -4.47. The molecule has 0 bridgehead atoms. The highest BCUT2D eigenvalue weighted by atomic mass is 19.4. The molecule has 3 aromatic rings. The summed E-state index contributed by atoms with van der Waals surface area (Å²) in [5, 5.41) is 10.2. The highest BCUT2D eigenvalue weighted by molar-refractivity contribution is 5.77. The van der Waals surface area contributed by atoms with Gasteiger partial charge < -0.3 is 14.8 Å². The molecule has 2 N–H and O–H groups in total. The van der Waals surface area contributed by atoms with E-state index in [1.807, 2.05) is 0 Å². The molecule has 0 amide bonds. The highest BCUT2D eigenvalue weighted by Gasteiger charge is 2.31. The van der Waals surface area contributed by atoms with Gasteiger partial charge in [0.2, 0.25) is 5.88 Å². The lowest BCUT2D eigenvalue weighted by molar-refractivity contribution is -0.137. The average Bonchev–Trinajstić information content (AvgIpc) is 2.88. The van der Waals surface area contributed by atoms with Crippen molar-refractivity contribution >= 4 is 11.0 Å². The first-order valence-electron chi connectivity index (χ1n) is 8.14. The molecular weight excluding hydrogens is 363 g/mol. The van der Waals surface area contributed by atoms with Crippen LogP contribution in [-0.2, 0) is 6.18 Å². The summed E-state index contributed by atoms with van der Waals surface area (Å²) in [6.45, 7) is 4.89. The number of ether oxygens (including phenoxy) is 1. The summed E-state index contributed by atoms with van der Waals surface area (Å²) in [6.07, 6.45) is -3.78. The molecule has 2 heterocycles. The van der Waals surface area contributed by atoms with Crippen molar-refractivity contribution < 1.29 is 23.0 Å². The van der Waals surface area contributed by atoms with E-state index >= 15 is 0 Å². The molecule has 0 saturated carbocycles. The van der Waals surface area contributed by atoms with Crippen LogP contribution in [0.25, 0.3) is 11.0 Å². The fourth-order valence-electron chi connectivity index (χ4n) is 2.59. The van der Waals surface area contributed by atoms with Crippen LogP contribution in [0.1, 0.15) is 32.4 Å². The van der Waals surface area contributed by atoms with Gasteiger partial charge in [-0.05, 0) is 39.0 Å². The van der Waals surface area contributed by atoms with Crippen LogP contribution < -0.4 is 10.4 Å². The van der Waals surface area contributed by atoms with E-state index in [0.717, 1.165) is 12.1 Å². The Kier molecular flexibility index (Phi) is 4.51. The van der Waals surface area contributed by atoms with Crippen LogP contribution >= 0.6 is 0 Å². The molecule has 3 rings (SSSR count). The van der Waals surface area contributed by atoms with Crippen molar-refractivity contribution in [2.24, 2.45) is 0 Å². The van der Waals surface area contributed by atoms with Crippen molar-refractivity contribution in [1.29, 1.82) is 0 Å². The number of benzene rings is 1. The first-order chi connectivity index (χ1) is 12.5.